The lowest BCUT2D eigenvalue weighted by atomic mass is 10.3. The van der Waals surface area contributed by atoms with Gasteiger partial charge in [-0.15, -0.1) is 11.8 Å². The van der Waals surface area contributed by atoms with E-state index in [9.17, 15) is 4.79 Å². The molecule has 0 fully saturated rings. The number of hydrogen-bond acceptors (Lipinski definition) is 3. The van der Waals surface area contributed by atoms with Crippen molar-refractivity contribution in [2.45, 2.75) is 10.9 Å². The molecule has 1 amide bonds. The van der Waals surface area contributed by atoms with Crippen molar-refractivity contribution in [3.63, 3.8) is 0 Å². The van der Waals surface area contributed by atoms with Crippen molar-refractivity contribution >= 4 is 17.7 Å². The van der Waals surface area contributed by atoms with Crippen LogP contribution in [0.4, 0.5) is 0 Å². The van der Waals surface area contributed by atoms with Gasteiger partial charge in [-0.2, -0.15) is 0 Å². The minimum Gasteiger partial charge on any atom is -0.368 e. The summed E-state index contributed by atoms with van der Waals surface area (Å²) in [7, 11) is 0. The predicted molar refractivity (Wildman–Crippen MR) is 54.3 cm³/mol. The van der Waals surface area contributed by atoms with Crippen LogP contribution in [0.25, 0.3) is 0 Å². The van der Waals surface area contributed by atoms with Crippen LogP contribution in [0, 0.1) is 0 Å². The molecule has 1 atom stereocenters. The SMILES string of the molecule is NC(=O)[C@@H](N)CSc1ccccc1. The first kappa shape index (κ1) is 10.1. The number of thioether (sulfide) groups is 1. The van der Waals surface area contributed by atoms with Crippen molar-refractivity contribution in [1.29, 1.82) is 0 Å². The second-order valence-corrected chi connectivity index (χ2v) is 3.73. The monoisotopic (exact) mass is 196 g/mol. The number of primary amides is 1. The van der Waals surface area contributed by atoms with Gasteiger partial charge in [-0.05, 0) is 12.1 Å². The minimum absolute atomic E-state index is 0.455. The Morgan fingerprint density at radius 2 is 2.00 bits per heavy atom. The average molecular weight is 196 g/mol. The summed E-state index contributed by atoms with van der Waals surface area (Å²) in [5.41, 5.74) is 10.5. The lowest BCUT2D eigenvalue weighted by molar-refractivity contribution is -0.118. The molecule has 1 aromatic carbocycles. The first-order valence-corrected chi connectivity index (χ1v) is 4.91. The number of nitrogens with two attached hydrogens (primary N) is 2. The van der Waals surface area contributed by atoms with Crippen LogP contribution in [0.2, 0.25) is 0 Å². The summed E-state index contributed by atoms with van der Waals surface area (Å²) in [6.07, 6.45) is 0. The van der Waals surface area contributed by atoms with E-state index in [2.05, 4.69) is 0 Å². The summed E-state index contributed by atoms with van der Waals surface area (Å²) in [6.45, 7) is 0. The summed E-state index contributed by atoms with van der Waals surface area (Å²) in [4.78, 5) is 11.7. The Balaban J connectivity index is 2.39. The van der Waals surface area contributed by atoms with Gasteiger partial charge in [-0.3, -0.25) is 4.79 Å². The second-order valence-electron chi connectivity index (χ2n) is 2.63. The van der Waals surface area contributed by atoms with Gasteiger partial charge in [0.15, 0.2) is 0 Å². The van der Waals surface area contributed by atoms with Crippen molar-refractivity contribution in [3.8, 4) is 0 Å². The molecule has 0 unspecified atom stereocenters. The van der Waals surface area contributed by atoms with Crippen LogP contribution >= 0.6 is 11.8 Å². The fraction of sp³-hybridized carbons (Fsp3) is 0.222. The number of rotatable bonds is 4. The normalized spacial score (nSPS) is 12.4. The predicted octanol–water partition coefficient (Wildman–Crippen LogP) is 0.591. The molecule has 1 aromatic rings. The third kappa shape index (κ3) is 3.48. The van der Waals surface area contributed by atoms with Crippen LogP contribution in [0.1, 0.15) is 0 Å². The highest BCUT2D eigenvalue weighted by Crippen LogP contribution is 2.16. The van der Waals surface area contributed by atoms with Crippen molar-refractivity contribution in [1.82, 2.24) is 0 Å². The summed E-state index contributed by atoms with van der Waals surface area (Å²) < 4.78 is 0. The van der Waals surface area contributed by atoms with Gasteiger partial charge in [0.2, 0.25) is 5.91 Å². The highest BCUT2D eigenvalue weighted by Gasteiger charge is 2.08. The zero-order valence-electron chi connectivity index (χ0n) is 7.14. The van der Waals surface area contributed by atoms with Crippen molar-refractivity contribution < 1.29 is 4.79 Å². The van der Waals surface area contributed by atoms with E-state index < -0.39 is 11.9 Å². The Hall–Kier alpha value is -1.00. The third-order valence-corrected chi connectivity index (χ3v) is 2.67. The van der Waals surface area contributed by atoms with Crippen molar-refractivity contribution in [2.24, 2.45) is 11.5 Å². The quantitative estimate of drug-likeness (QED) is 0.692. The highest BCUT2D eigenvalue weighted by molar-refractivity contribution is 7.99. The molecule has 0 saturated carbocycles. The molecular formula is C9H12N2OS. The van der Waals surface area contributed by atoms with Crippen molar-refractivity contribution in [2.75, 3.05) is 5.75 Å². The van der Waals surface area contributed by atoms with Crippen LogP contribution in [-0.4, -0.2) is 17.7 Å². The zero-order valence-corrected chi connectivity index (χ0v) is 7.96. The number of carbonyl (C=O) groups is 1. The fourth-order valence-corrected chi connectivity index (χ4v) is 1.67. The van der Waals surface area contributed by atoms with E-state index in [4.69, 9.17) is 11.5 Å². The van der Waals surface area contributed by atoms with E-state index >= 15 is 0 Å². The first-order valence-electron chi connectivity index (χ1n) is 3.93. The molecule has 0 aliphatic rings. The summed E-state index contributed by atoms with van der Waals surface area (Å²) in [6, 6.07) is 9.20. The Kier molecular flexibility index (Phi) is 3.79. The summed E-state index contributed by atoms with van der Waals surface area (Å²) >= 11 is 1.53. The summed E-state index contributed by atoms with van der Waals surface area (Å²) in [5.74, 6) is 0.0720. The number of hydrogen-bond donors (Lipinski definition) is 2. The molecule has 4 heteroatoms. The van der Waals surface area contributed by atoms with E-state index in [0.29, 0.717) is 5.75 Å². The van der Waals surface area contributed by atoms with Crippen LogP contribution in [0.15, 0.2) is 35.2 Å². The van der Waals surface area contributed by atoms with Crippen molar-refractivity contribution in [3.05, 3.63) is 30.3 Å². The maximum atomic E-state index is 10.6. The van der Waals surface area contributed by atoms with Gasteiger partial charge in [-0.25, -0.2) is 0 Å². The number of amides is 1. The molecule has 1 rings (SSSR count). The molecule has 0 bridgehead atoms. The minimum atomic E-state index is -0.565. The lowest BCUT2D eigenvalue weighted by Gasteiger charge is -2.05. The molecule has 0 spiro atoms. The second kappa shape index (κ2) is 4.89. The molecule has 13 heavy (non-hydrogen) atoms. The molecule has 0 radical (unpaired) electrons. The zero-order chi connectivity index (χ0) is 9.68. The fourth-order valence-electron chi connectivity index (χ4n) is 0.785. The maximum absolute atomic E-state index is 10.6. The Bertz CT molecular complexity index is 276. The van der Waals surface area contributed by atoms with Gasteiger partial charge < -0.3 is 11.5 Å². The van der Waals surface area contributed by atoms with E-state index in [0.717, 1.165) is 4.90 Å². The van der Waals surface area contributed by atoms with Crippen LogP contribution in [-0.2, 0) is 4.79 Å². The first-order chi connectivity index (χ1) is 6.20. The molecule has 4 N–H and O–H groups in total. The molecule has 0 aromatic heterocycles. The van der Waals surface area contributed by atoms with E-state index in [1.807, 2.05) is 30.3 Å². The van der Waals surface area contributed by atoms with Crippen LogP contribution in [0.3, 0.4) is 0 Å². The average Bonchev–Trinajstić information content (AvgIpc) is 2.15. The lowest BCUT2D eigenvalue weighted by Crippen LogP contribution is -2.38. The molecule has 70 valence electrons. The maximum Gasteiger partial charge on any atom is 0.235 e. The number of benzene rings is 1. The van der Waals surface area contributed by atoms with Gasteiger partial charge in [-0.1, -0.05) is 18.2 Å². The number of carbonyl (C=O) groups excluding carboxylic acids is 1. The smallest absolute Gasteiger partial charge is 0.235 e. The van der Waals surface area contributed by atoms with Gasteiger partial charge in [0.25, 0.3) is 0 Å². The molecular weight excluding hydrogens is 184 g/mol. The van der Waals surface area contributed by atoms with Crippen LogP contribution in [0.5, 0.6) is 0 Å². The molecule has 0 aliphatic heterocycles. The van der Waals surface area contributed by atoms with Gasteiger partial charge in [0, 0.05) is 10.6 Å². The largest absolute Gasteiger partial charge is 0.368 e. The van der Waals surface area contributed by atoms with Gasteiger partial charge in [0.05, 0.1) is 6.04 Å². The highest BCUT2D eigenvalue weighted by atomic mass is 32.2. The van der Waals surface area contributed by atoms with Gasteiger partial charge >= 0.3 is 0 Å². The molecule has 0 heterocycles. The Labute approximate surface area is 81.5 Å². The molecule has 3 nitrogen and oxygen atoms in total. The standard InChI is InChI=1S/C9H12N2OS/c10-8(9(11)12)6-13-7-4-2-1-3-5-7/h1-5,8H,6,10H2,(H2,11,12)/t8-/m0/s1. The van der Waals surface area contributed by atoms with E-state index in [1.54, 1.807) is 0 Å². The Morgan fingerprint density at radius 3 is 2.54 bits per heavy atom. The third-order valence-electron chi connectivity index (χ3n) is 1.54. The molecule has 0 saturated heterocycles. The van der Waals surface area contributed by atoms with E-state index in [1.165, 1.54) is 11.8 Å². The van der Waals surface area contributed by atoms with Gasteiger partial charge in [0.1, 0.15) is 0 Å². The summed E-state index contributed by atoms with van der Waals surface area (Å²) in [5, 5.41) is 0. The topological polar surface area (TPSA) is 69.1 Å². The Morgan fingerprint density at radius 1 is 1.38 bits per heavy atom. The van der Waals surface area contributed by atoms with Crippen LogP contribution < -0.4 is 11.5 Å². The van der Waals surface area contributed by atoms with E-state index in [-0.39, 0.29) is 0 Å². The molecule has 0 aliphatic carbocycles.